The number of hydrogen-bond acceptors (Lipinski definition) is 5. The topological polar surface area (TPSA) is 77.4 Å². The summed E-state index contributed by atoms with van der Waals surface area (Å²) in [4.78, 5) is 20.7. The van der Waals surface area contributed by atoms with Crippen molar-refractivity contribution in [2.45, 2.75) is 39.3 Å². The van der Waals surface area contributed by atoms with Crippen LogP contribution in [0.5, 0.6) is 0 Å². The molecule has 0 aromatic heterocycles. The smallest absolute Gasteiger partial charge is 0.310 e. The quantitative estimate of drug-likeness (QED) is 0.255. The van der Waals surface area contributed by atoms with Crippen LogP contribution in [0.15, 0.2) is 23.2 Å². The van der Waals surface area contributed by atoms with Gasteiger partial charge < -0.3 is 25.0 Å². The first-order valence-corrected chi connectivity index (χ1v) is 10.8. The number of nitrogens with one attached hydrogen (secondary N) is 1. The van der Waals surface area contributed by atoms with Crippen LogP contribution >= 0.6 is 24.0 Å². The Labute approximate surface area is 201 Å². The van der Waals surface area contributed by atoms with Crippen molar-refractivity contribution in [1.29, 1.82) is 0 Å². The summed E-state index contributed by atoms with van der Waals surface area (Å²) in [5, 5.41) is 12.9. The lowest BCUT2D eigenvalue weighted by atomic mass is 9.99. The molecule has 9 heteroatoms. The maximum absolute atomic E-state index is 14.7. The summed E-state index contributed by atoms with van der Waals surface area (Å²) in [5.74, 6) is 0.290. The van der Waals surface area contributed by atoms with Gasteiger partial charge in [-0.25, -0.2) is 9.38 Å². The summed E-state index contributed by atoms with van der Waals surface area (Å²) >= 11 is 0. The summed E-state index contributed by atoms with van der Waals surface area (Å²) in [6, 6.07) is 5.24. The minimum absolute atomic E-state index is 0. The zero-order chi connectivity index (χ0) is 21.7. The van der Waals surface area contributed by atoms with E-state index in [1.165, 1.54) is 13.2 Å². The predicted molar refractivity (Wildman–Crippen MR) is 130 cm³/mol. The molecule has 2 N–H and O–H groups in total. The van der Waals surface area contributed by atoms with E-state index < -0.39 is 0 Å². The second kappa shape index (κ2) is 11.8. The SMILES string of the molecule is CCNC(=NCc1ccc(N2CCC(O)CC2)c(F)c1)N1CC(C)C(C(=O)OC)C1.I. The van der Waals surface area contributed by atoms with Crippen molar-refractivity contribution in [3.05, 3.63) is 29.6 Å². The predicted octanol–water partition coefficient (Wildman–Crippen LogP) is 2.61. The van der Waals surface area contributed by atoms with Gasteiger partial charge in [0.15, 0.2) is 5.96 Å². The lowest BCUT2D eigenvalue weighted by Crippen LogP contribution is -2.40. The molecule has 3 rings (SSSR count). The van der Waals surface area contributed by atoms with Gasteiger partial charge in [-0.1, -0.05) is 13.0 Å². The lowest BCUT2D eigenvalue weighted by molar-refractivity contribution is -0.145. The number of methoxy groups -OCH3 is 1. The first kappa shape index (κ1) is 25.6. The Morgan fingerprint density at radius 3 is 2.65 bits per heavy atom. The average Bonchev–Trinajstić information content (AvgIpc) is 3.13. The minimum Gasteiger partial charge on any atom is -0.469 e. The van der Waals surface area contributed by atoms with Gasteiger partial charge in [0.2, 0.25) is 0 Å². The number of aliphatic hydroxyl groups excluding tert-OH is 1. The van der Waals surface area contributed by atoms with Gasteiger partial charge in [0.1, 0.15) is 5.82 Å². The summed E-state index contributed by atoms with van der Waals surface area (Å²) in [7, 11) is 1.42. The molecular formula is C22H34FIN4O3. The number of guanidine groups is 1. The zero-order valence-corrected chi connectivity index (χ0v) is 20.8. The van der Waals surface area contributed by atoms with Crippen molar-refractivity contribution in [1.82, 2.24) is 10.2 Å². The van der Waals surface area contributed by atoms with E-state index in [-0.39, 0.29) is 53.7 Å². The molecule has 2 heterocycles. The molecule has 31 heavy (non-hydrogen) atoms. The van der Waals surface area contributed by atoms with Gasteiger partial charge in [-0.15, -0.1) is 24.0 Å². The fourth-order valence-electron chi connectivity index (χ4n) is 4.20. The van der Waals surface area contributed by atoms with Crippen molar-refractivity contribution >= 4 is 41.6 Å². The Kier molecular flexibility index (Phi) is 9.80. The highest BCUT2D eigenvalue weighted by molar-refractivity contribution is 14.0. The van der Waals surface area contributed by atoms with Crippen LogP contribution < -0.4 is 10.2 Å². The highest BCUT2D eigenvalue weighted by Gasteiger charge is 2.36. The van der Waals surface area contributed by atoms with E-state index in [1.54, 1.807) is 6.07 Å². The van der Waals surface area contributed by atoms with Gasteiger partial charge >= 0.3 is 5.97 Å². The number of aliphatic imine (C=N–C) groups is 1. The Bertz CT molecular complexity index is 771. The molecule has 0 spiro atoms. The lowest BCUT2D eigenvalue weighted by Gasteiger charge is -2.31. The molecule has 174 valence electrons. The minimum atomic E-state index is -0.283. The molecule has 2 aliphatic heterocycles. The maximum atomic E-state index is 14.7. The first-order valence-electron chi connectivity index (χ1n) is 10.8. The number of ether oxygens (including phenoxy) is 1. The highest BCUT2D eigenvalue weighted by atomic mass is 127. The van der Waals surface area contributed by atoms with E-state index >= 15 is 0 Å². The van der Waals surface area contributed by atoms with E-state index in [0.717, 1.165) is 18.1 Å². The van der Waals surface area contributed by atoms with Gasteiger partial charge in [0.05, 0.1) is 31.4 Å². The molecule has 0 bridgehead atoms. The standard InChI is InChI=1S/C22H33FN4O3.HI/c1-4-24-22(27-13-15(2)18(14-27)21(29)30-3)25-12-16-5-6-20(19(23)11-16)26-9-7-17(28)8-10-26;/h5-6,11,15,17-18,28H,4,7-10,12-14H2,1-3H3,(H,24,25);1H. The van der Waals surface area contributed by atoms with Gasteiger partial charge in [-0.3, -0.25) is 4.79 Å². The van der Waals surface area contributed by atoms with Crippen LogP contribution in [0.25, 0.3) is 0 Å². The van der Waals surface area contributed by atoms with E-state index in [9.17, 15) is 14.3 Å². The van der Waals surface area contributed by atoms with Crippen LogP contribution in [0.4, 0.5) is 10.1 Å². The molecule has 0 radical (unpaired) electrons. The number of carbonyl (C=O) groups is 1. The average molecular weight is 548 g/mol. The Morgan fingerprint density at radius 2 is 2.03 bits per heavy atom. The van der Waals surface area contributed by atoms with Crippen LogP contribution in [0.3, 0.4) is 0 Å². The normalized spacial score (nSPS) is 22.3. The van der Waals surface area contributed by atoms with E-state index in [4.69, 9.17) is 4.74 Å². The Morgan fingerprint density at radius 1 is 1.32 bits per heavy atom. The first-order chi connectivity index (χ1) is 14.4. The Balaban J connectivity index is 0.00000341. The number of anilines is 1. The third-order valence-electron chi connectivity index (χ3n) is 5.98. The van der Waals surface area contributed by atoms with Crippen LogP contribution in [0.2, 0.25) is 0 Å². The van der Waals surface area contributed by atoms with Crippen molar-refractivity contribution in [3.8, 4) is 0 Å². The number of esters is 1. The van der Waals surface area contributed by atoms with Gasteiger partial charge in [-0.2, -0.15) is 0 Å². The number of piperidine rings is 1. The monoisotopic (exact) mass is 548 g/mol. The largest absolute Gasteiger partial charge is 0.469 e. The summed E-state index contributed by atoms with van der Waals surface area (Å²) in [5.41, 5.74) is 1.37. The maximum Gasteiger partial charge on any atom is 0.310 e. The second-order valence-electron chi connectivity index (χ2n) is 8.19. The molecule has 2 saturated heterocycles. The number of nitrogens with zero attached hydrogens (tertiary/aromatic N) is 3. The van der Waals surface area contributed by atoms with Gasteiger partial charge in [-0.05, 0) is 43.4 Å². The molecule has 2 fully saturated rings. The molecule has 0 saturated carbocycles. The molecule has 7 nitrogen and oxygen atoms in total. The highest BCUT2D eigenvalue weighted by Crippen LogP contribution is 2.26. The molecule has 0 amide bonds. The second-order valence-corrected chi connectivity index (χ2v) is 8.19. The molecule has 0 aliphatic carbocycles. The fourth-order valence-corrected chi connectivity index (χ4v) is 4.20. The molecule has 2 unspecified atom stereocenters. The Hall–Kier alpha value is -1.62. The van der Waals surface area contributed by atoms with Crippen LogP contribution in [0.1, 0.15) is 32.3 Å². The number of rotatable bonds is 5. The number of hydrogen-bond donors (Lipinski definition) is 2. The third kappa shape index (κ3) is 6.44. The van der Waals surface area contributed by atoms with Crippen molar-refractivity contribution < 1.29 is 19.0 Å². The van der Waals surface area contributed by atoms with E-state index in [0.29, 0.717) is 51.3 Å². The number of aliphatic hydroxyl groups is 1. The zero-order valence-electron chi connectivity index (χ0n) is 18.5. The van der Waals surface area contributed by atoms with Crippen LogP contribution in [-0.2, 0) is 16.1 Å². The van der Waals surface area contributed by atoms with Gasteiger partial charge in [0.25, 0.3) is 0 Å². The van der Waals surface area contributed by atoms with E-state index in [1.807, 2.05) is 24.8 Å². The van der Waals surface area contributed by atoms with Crippen molar-refractivity contribution in [3.63, 3.8) is 0 Å². The number of benzene rings is 1. The van der Waals surface area contributed by atoms with Crippen LogP contribution in [0, 0.1) is 17.7 Å². The number of halogens is 2. The number of likely N-dealkylation sites (tertiary alicyclic amines) is 1. The van der Waals surface area contributed by atoms with Gasteiger partial charge in [0, 0.05) is 32.7 Å². The fraction of sp³-hybridized carbons (Fsp3) is 0.636. The van der Waals surface area contributed by atoms with Crippen molar-refractivity contribution in [2.24, 2.45) is 16.8 Å². The van der Waals surface area contributed by atoms with Crippen molar-refractivity contribution in [2.75, 3.05) is 44.7 Å². The molecular weight excluding hydrogens is 514 g/mol. The molecule has 2 atom stereocenters. The third-order valence-corrected chi connectivity index (χ3v) is 5.98. The number of carbonyl (C=O) groups excluding carboxylic acids is 1. The summed E-state index contributed by atoms with van der Waals surface area (Å²) < 4.78 is 19.6. The molecule has 1 aromatic carbocycles. The summed E-state index contributed by atoms with van der Waals surface area (Å²) in [6.45, 7) is 7.71. The van der Waals surface area contributed by atoms with E-state index in [2.05, 4.69) is 15.2 Å². The molecule has 2 aliphatic rings. The summed E-state index contributed by atoms with van der Waals surface area (Å²) in [6.07, 6.45) is 1.05. The molecule has 1 aromatic rings. The van der Waals surface area contributed by atoms with Crippen LogP contribution in [-0.4, -0.2) is 67.9 Å².